The van der Waals surface area contributed by atoms with Crippen molar-refractivity contribution in [1.82, 2.24) is 9.55 Å². The fraction of sp³-hybridized carbons (Fsp3) is 0.522. The maximum absolute atomic E-state index is 13.8. The van der Waals surface area contributed by atoms with Crippen molar-refractivity contribution in [3.63, 3.8) is 0 Å². The number of alkyl halides is 2. The average Bonchev–Trinajstić information content (AvgIpc) is 3.05. The number of benzene rings is 1. The topological polar surface area (TPSA) is 146 Å². The van der Waals surface area contributed by atoms with Gasteiger partial charge in [-0.3, -0.25) is 23.7 Å². The smallest absolute Gasteiger partial charge is 0.379 e. The number of nitrogens with one attached hydrogen (secondary N) is 1. The number of carbonyl (C=O) groups is 1. The molecular weight excluding hydrogens is 595 g/mol. The van der Waals surface area contributed by atoms with E-state index >= 15 is 0 Å². The lowest BCUT2D eigenvalue weighted by molar-refractivity contribution is -0.148. The first kappa shape index (κ1) is 29.6. The Bertz CT molecular complexity index is 1240. The van der Waals surface area contributed by atoms with Crippen molar-refractivity contribution in [2.24, 2.45) is 11.8 Å². The van der Waals surface area contributed by atoms with E-state index in [1.54, 1.807) is 51.1 Å². The molecule has 11 nitrogen and oxygen atoms in total. The molecule has 204 valence electrons. The van der Waals surface area contributed by atoms with Crippen LogP contribution < -0.4 is 15.8 Å². The lowest BCUT2D eigenvalue weighted by Crippen LogP contribution is -2.40. The number of aliphatic hydroxyl groups excluding tert-OH is 1. The van der Waals surface area contributed by atoms with E-state index in [0.717, 1.165) is 10.6 Å². The van der Waals surface area contributed by atoms with Crippen LogP contribution in [0.15, 0.2) is 52.2 Å². The quantitative estimate of drug-likeness (QED) is 0.219. The van der Waals surface area contributed by atoms with Gasteiger partial charge >= 0.3 is 19.3 Å². The highest BCUT2D eigenvalue weighted by Gasteiger charge is 2.55. The Morgan fingerprint density at radius 1 is 1.27 bits per heavy atom. The number of hydrogen-bond acceptors (Lipinski definition) is 9. The number of nitrogens with zero attached hydrogens (tertiary/aromatic N) is 1. The van der Waals surface area contributed by atoms with Gasteiger partial charge in [0.1, 0.15) is 18.0 Å². The summed E-state index contributed by atoms with van der Waals surface area (Å²) < 4.78 is 35.6. The Hall–Kier alpha value is -1.95. The third kappa shape index (κ3) is 7.55. The van der Waals surface area contributed by atoms with Crippen molar-refractivity contribution >= 4 is 41.1 Å². The van der Waals surface area contributed by atoms with Gasteiger partial charge in [0.25, 0.3) is 5.56 Å². The standard InChI is InChI=1S/C23H29BrClN2O9P/c1-14(2)20(30)33-11-15(3)13-37(32,36-16-7-5-4-6-8-16)34-12-17-19(29)23(24,25)21(35-17)27-10-9-18(28)26-22(27)31/h4-10,14-15,17,19,21,29H,11-13H2,1-3H3,(H,26,28,31)/t15-,17+,19+,21+,23-,37+/m0/s1. The maximum atomic E-state index is 13.8. The number of rotatable bonds is 11. The van der Waals surface area contributed by atoms with Crippen LogP contribution in [0, 0.1) is 11.8 Å². The molecule has 1 saturated heterocycles. The van der Waals surface area contributed by atoms with Crippen molar-refractivity contribution in [2.45, 2.75) is 43.0 Å². The molecular formula is C23H29BrClN2O9P. The summed E-state index contributed by atoms with van der Waals surface area (Å²) in [6.07, 6.45) is -2.68. The molecule has 3 rings (SSSR count). The minimum absolute atomic E-state index is 0.00839. The highest BCUT2D eigenvalue weighted by atomic mass is 79.9. The molecule has 2 aromatic rings. The zero-order chi connectivity index (χ0) is 27.4. The third-order valence-corrected chi connectivity index (χ3v) is 8.80. The molecule has 1 aliphatic heterocycles. The molecule has 1 aromatic carbocycles. The second kappa shape index (κ2) is 12.3. The molecule has 1 fully saturated rings. The van der Waals surface area contributed by atoms with Crippen LogP contribution in [0.5, 0.6) is 5.75 Å². The van der Waals surface area contributed by atoms with Gasteiger partial charge in [0.15, 0.2) is 10.0 Å². The van der Waals surface area contributed by atoms with Gasteiger partial charge in [-0.2, -0.15) is 0 Å². The largest absolute Gasteiger partial charge is 0.465 e. The first-order valence-electron chi connectivity index (χ1n) is 11.5. The minimum atomic E-state index is -3.87. The second-order valence-corrected chi connectivity index (χ2v) is 13.5. The van der Waals surface area contributed by atoms with Gasteiger partial charge < -0.3 is 19.1 Å². The van der Waals surface area contributed by atoms with Gasteiger partial charge in [0.2, 0.25) is 0 Å². The summed E-state index contributed by atoms with van der Waals surface area (Å²) in [5, 5.41) is 10.8. The molecule has 1 aliphatic rings. The summed E-state index contributed by atoms with van der Waals surface area (Å²) in [6.45, 7) is 4.76. The Morgan fingerprint density at radius 3 is 2.57 bits per heavy atom. The molecule has 6 atom stereocenters. The summed E-state index contributed by atoms with van der Waals surface area (Å²) >= 11 is 9.67. The number of para-hydroxylation sites is 1. The number of aliphatic hydroxyl groups is 1. The Morgan fingerprint density at radius 2 is 1.95 bits per heavy atom. The number of esters is 1. The second-order valence-electron chi connectivity index (χ2n) is 9.05. The zero-order valence-corrected chi connectivity index (χ0v) is 23.6. The molecule has 0 bridgehead atoms. The molecule has 2 N–H and O–H groups in total. The van der Waals surface area contributed by atoms with Crippen molar-refractivity contribution in [3.8, 4) is 5.75 Å². The Labute approximate surface area is 226 Å². The first-order chi connectivity index (χ1) is 17.3. The number of hydrogen-bond donors (Lipinski definition) is 2. The van der Waals surface area contributed by atoms with Crippen LogP contribution in [0.2, 0.25) is 0 Å². The number of aromatic amines is 1. The van der Waals surface area contributed by atoms with Crippen molar-refractivity contribution in [3.05, 3.63) is 63.4 Å². The molecule has 0 radical (unpaired) electrons. The van der Waals surface area contributed by atoms with Gasteiger partial charge in [0, 0.05) is 18.2 Å². The van der Waals surface area contributed by atoms with E-state index in [1.807, 2.05) is 0 Å². The predicted octanol–water partition coefficient (Wildman–Crippen LogP) is 3.25. The predicted molar refractivity (Wildman–Crippen MR) is 139 cm³/mol. The minimum Gasteiger partial charge on any atom is -0.465 e. The summed E-state index contributed by atoms with van der Waals surface area (Å²) in [7, 11) is -3.87. The number of aromatic nitrogens is 2. The van der Waals surface area contributed by atoms with Crippen LogP contribution >= 0.6 is 35.1 Å². The van der Waals surface area contributed by atoms with Crippen LogP contribution in [0.4, 0.5) is 0 Å². The highest BCUT2D eigenvalue weighted by molar-refractivity contribution is 9.10. The number of ether oxygens (including phenoxy) is 2. The molecule has 0 spiro atoms. The number of carbonyl (C=O) groups excluding carboxylic acids is 1. The molecule has 0 amide bonds. The summed E-state index contributed by atoms with van der Waals surface area (Å²) in [5.74, 6) is -0.773. The fourth-order valence-electron chi connectivity index (χ4n) is 3.49. The van der Waals surface area contributed by atoms with Gasteiger partial charge in [-0.05, 0) is 12.1 Å². The van der Waals surface area contributed by atoms with Crippen molar-refractivity contribution in [2.75, 3.05) is 19.4 Å². The lowest BCUT2D eigenvalue weighted by Gasteiger charge is -2.25. The van der Waals surface area contributed by atoms with Gasteiger partial charge in [-0.25, -0.2) is 9.36 Å². The zero-order valence-electron chi connectivity index (χ0n) is 20.4. The monoisotopic (exact) mass is 622 g/mol. The van der Waals surface area contributed by atoms with E-state index in [-0.39, 0.29) is 30.6 Å². The van der Waals surface area contributed by atoms with E-state index in [2.05, 4.69) is 20.9 Å². The van der Waals surface area contributed by atoms with E-state index in [0.29, 0.717) is 5.75 Å². The van der Waals surface area contributed by atoms with Crippen LogP contribution in [-0.4, -0.2) is 56.0 Å². The van der Waals surface area contributed by atoms with Crippen molar-refractivity contribution < 1.29 is 33.0 Å². The lowest BCUT2D eigenvalue weighted by atomic mass is 10.2. The fourth-order valence-corrected chi connectivity index (χ4v) is 6.33. The molecule has 0 aliphatic carbocycles. The summed E-state index contributed by atoms with van der Waals surface area (Å²) in [4.78, 5) is 37.6. The van der Waals surface area contributed by atoms with E-state index in [9.17, 15) is 24.1 Å². The molecule has 0 saturated carbocycles. The highest BCUT2D eigenvalue weighted by Crippen LogP contribution is 2.52. The summed E-state index contributed by atoms with van der Waals surface area (Å²) in [5.41, 5.74) is -1.40. The normalized spacial score (nSPS) is 26.0. The summed E-state index contributed by atoms with van der Waals surface area (Å²) in [6, 6.07) is 9.51. The van der Waals surface area contributed by atoms with E-state index in [1.165, 1.54) is 6.20 Å². The molecule has 37 heavy (non-hydrogen) atoms. The maximum Gasteiger partial charge on any atom is 0.379 e. The van der Waals surface area contributed by atoms with E-state index in [4.69, 9.17) is 30.1 Å². The Balaban J connectivity index is 1.75. The Kier molecular flexibility index (Phi) is 9.82. The third-order valence-electron chi connectivity index (χ3n) is 5.42. The van der Waals surface area contributed by atoms with E-state index < -0.39 is 47.7 Å². The van der Waals surface area contributed by atoms with Crippen LogP contribution in [0.3, 0.4) is 0 Å². The number of halogens is 2. The number of H-pyrrole nitrogens is 1. The van der Waals surface area contributed by atoms with Gasteiger partial charge in [0.05, 0.1) is 25.3 Å². The first-order valence-corrected chi connectivity index (χ1v) is 14.4. The van der Waals surface area contributed by atoms with Gasteiger partial charge in [-0.1, -0.05) is 66.5 Å². The average molecular weight is 624 g/mol. The molecule has 0 unspecified atom stereocenters. The van der Waals surface area contributed by atoms with Crippen LogP contribution in [-0.2, 0) is 23.4 Å². The molecule has 2 heterocycles. The van der Waals surface area contributed by atoms with Gasteiger partial charge in [-0.15, -0.1) is 0 Å². The van der Waals surface area contributed by atoms with Crippen LogP contribution in [0.25, 0.3) is 0 Å². The molecule has 14 heteroatoms. The van der Waals surface area contributed by atoms with Crippen LogP contribution in [0.1, 0.15) is 27.0 Å². The SMILES string of the molecule is CC(C)C(=O)OC[C@H](C)C[P@@](=O)(OC[C@H]1O[C@@H](n2ccc(=O)[nH]c2=O)[C@](Cl)(Br)[C@@H]1O)Oc1ccccc1. The van der Waals surface area contributed by atoms with Crippen molar-refractivity contribution in [1.29, 1.82) is 0 Å². The molecule has 1 aromatic heterocycles.